The lowest BCUT2D eigenvalue weighted by atomic mass is 9.79. The monoisotopic (exact) mass is 327 g/mol. The van der Waals surface area contributed by atoms with Crippen LogP contribution in [0.1, 0.15) is 45.1 Å². The third-order valence-corrected chi connectivity index (χ3v) is 4.26. The van der Waals surface area contributed by atoms with E-state index >= 15 is 0 Å². The summed E-state index contributed by atoms with van der Waals surface area (Å²) in [6.07, 6.45) is 5.89. The van der Waals surface area contributed by atoms with Crippen LogP contribution in [0.25, 0.3) is 0 Å². The summed E-state index contributed by atoms with van der Waals surface area (Å²) in [5, 5.41) is 3.63. The Kier molecular flexibility index (Phi) is 5.02. The standard InChI is InChI=1S/C16H23BrFN/c1-3-6-16(2,11-19-15-4-5-15)10-12-7-13(17)9-14(18)8-12/h7-9,15,19H,3-6,10-11H2,1-2H3. The molecule has 1 unspecified atom stereocenters. The first-order chi connectivity index (χ1) is 9.00. The molecule has 0 saturated heterocycles. The van der Waals surface area contributed by atoms with Crippen LogP contribution >= 0.6 is 15.9 Å². The molecule has 1 aromatic rings. The second kappa shape index (κ2) is 6.36. The number of nitrogens with one attached hydrogen (secondary N) is 1. The summed E-state index contributed by atoms with van der Waals surface area (Å²) >= 11 is 3.38. The molecule has 1 saturated carbocycles. The van der Waals surface area contributed by atoms with E-state index in [1.54, 1.807) is 6.07 Å². The van der Waals surface area contributed by atoms with Crippen LogP contribution < -0.4 is 5.32 Å². The molecule has 0 radical (unpaired) electrons. The summed E-state index contributed by atoms with van der Waals surface area (Å²) in [5.41, 5.74) is 1.30. The largest absolute Gasteiger partial charge is 0.313 e. The average Bonchev–Trinajstić information content (AvgIpc) is 3.08. The minimum Gasteiger partial charge on any atom is -0.313 e. The highest BCUT2D eigenvalue weighted by Crippen LogP contribution is 2.30. The van der Waals surface area contributed by atoms with Crippen molar-refractivity contribution in [3.63, 3.8) is 0 Å². The van der Waals surface area contributed by atoms with Crippen LogP contribution in [0.15, 0.2) is 22.7 Å². The normalized spacial score (nSPS) is 18.3. The zero-order valence-electron chi connectivity index (χ0n) is 11.8. The molecule has 1 N–H and O–H groups in total. The van der Waals surface area contributed by atoms with Gasteiger partial charge >= 0.3 is 0 Å². The average molecular weight is 328 g/mol. The first-order valence-electron chi connectivity index (χ1n) is 7.19. The second-order valence-electron chi connectivity index (χ2n) is 6.17. The highest BCUT2D eigenvalue weighted by molar-refractivity contribution is 9.10. The van der Waals surface area contributed by atoms with Gasteiger partial charge in [-0.3, -0.25) is 0 Å². The third kappa shape index (κ3) is 4.88. The van der Waals surface area contributed by atoms with Gasteiger partial charge in [-0.05, 0) is 54.9 Å². The third-order valence-electron chi connectivity index (χ3n) is 3.80. The Hall–Kier alpha value is -0.410. The summed E-state index contributed by atoms with van der Waals surface area (Å²) < 4.78 is 14.3. The molecule has 1 aliphatic rings. The molecule has 0 heterocycles. The van der Waals surface area contributed by atoms with Gasteiger partial charge < -0.3 is 5.32 Å². The van der Waals surface area contributed by atoms with Crippen molar-refractivity contribution in [2.75, 3.05) is 6.54 Å². The molecule has 19 heavy (non-hydrogen) atoms. The van der Waals surface area contributed by atoms with E-state index in [1.807, 2.05) is 6.07 Å². The Labute approximate surface area is 124 Å². The van der Waals surface area contributed by atoms with Crippen molar-refractivity contribution < 1.29 is 4.39 Å². The molecule has 2 rings (SSSR count). The maximum absolute atomic E-state index is 13.5. The van der Waals surface area contributed by atoms with Crippen molar-refractivity contribution >= 4 is 15.9 Å². The van der Waals surface area contributed by atoms with E-state index in [0.717, 1.165) is 29.0 Å². The molecule has 1 aromatic carbocycles. The number of hydrogen-bond acceptors (Lipinski definition) is 1. The van der Waals surface area contributed by atoms with Crippen LogP contribution in [0, 0.1) is 11.2 Å². The Morgan fingerprint density at radius 1 is 1.37 bits per heavy atom. The summed E-state index contributed by atoms with van der Waals surface area (Å²) in [6.45, 7) is 5.56. The molecule has 1 atom stereocenters. The Morgan fingerprint density at radius 3 is 2.68 bits per heavy atom. The smallest absolute Gasteiger partial charge is 0.124 e. The fourth-order valence-corrected chi connectivity index (χ4v) is 3.24. The van der Waals surface area contributed by atoms with Gasteiger partial charge in [0.25, 0.3) is 0 Å². The van der Waals surface area contributed by atoms with Crippen LogP contribution in [0.2, 0.25) is 0 Å². The van der Waals surface area contributed by atoms with Crippen LogP contribution in [0.4, 0.5) is 4.39 Å². The molecule has 1 fully saturated rings. The van der Waals surface area contributed by atoms with Crippen molar-refractivity contribution in [3.05, 3.63) is 34.1 Å². The van der Waals surface area contributed by atoms with E-state index in [2.05, 4.69) is 35.1 Å². The van der Waals surface area contributed by atoms with Crippen molar-refractivity contribution in [2.45, 2.75) is 52.0 Å². The van der Waals surface area contributed by atoms with Gasteiger partial charge in [0, 0.05) is 17.1 Å². The number of hydrogen-bond donors (Lipinski definition) is 1. The SMILES string of the molecule is CCCC(C)(CNC1CC1)Cc1cc(F)cc(Br)c1. The molecule has 0 aromatic heterocycles. The Bertz CT molecular complexity index is 411. The van der Waals surface area contributed by atoms with Crippen LogP contribution in [-0.2, 0) is 6.42 Å². The van der Waals surface area contributed by atoms with Gasteiger partial charge in [0.05, 0.1) is 0 Å². The summed E-state index contributed by atoms with van der Waals surface area (Å²) in [7, 11) is 0. The minimum absolute atomic E-state index is 0.154. The zero-order chi connectivity index (χ0) is 13.9. The van der Waals surface area contributed by atoms with Gasteiger partial charge in [-0.2, -0.15) is 0 Å². The molecule has 106 valence electrons. The van der Waals surface area contributed by atoms with E-state index in [0.29, 0.717) is 0 Å². The predicted octanol–water partition coefficient (Wildman–Crippen LogP) is 4.69. The highest BCUT2D eigenvalue weighted by Gasteiger charge is 2.28. The Balaban J connectivity index is 2.04. The first-order valence-corrected chi connectivity index (χ1v) is 7.98. The molecule has 0 bridgehead atoms. The lowest BCUT2D eigenvalue weighted by Crippen LogP contribution is -2.34. The van der Waals surface area contributed by atoms with E-state index in [4.69, 9.17) is 0 Å². The summed E-state index contributed by atoms with van der Waals surface area (Å²) in [5.74, 6) is -0.154. The minimum atomic E-state index is -0.154. The molecular weight excluding hydrogens is 305 g/mol. The lowest BCUT2D eigenvalue weighted by Gasteiger charge is -2.30. The highest BCUT2D eigenvalue weighted by atomic mass is 79.9. The van der Waals surface area contributed by atoms with E-state index in [1.165, 1.54) is 31.7 Å². The van der Waals surface area contributed by atoms with Crippen molar-refractivity contribution in [1.29, 1.82) is 0 Å². The van der Waals surface area contributed by atoms with Gasteiger partial charge in [-0.25, -0.2) is 4.39 Å². The first kappa shape index (κ1) is 15.0. The quantitative estimate of drug-likeness (QED) is 0.766. The van der Waals surface area contributed by atoms with Crippen LogP contribution in [0.3, 0.4) is 0 Å². The molecule has 3 heteroatoms. The van der Waals surface area contributed by atoms with Gasteiger partial charge in [0.15, 0.2) is 0 Å². The molecule has 0 spiro atoms. The van der Waals surface area contributed by atoms with Gasteiger partial charge in [-0.1, -0.05) is 36.2 Å². The topological polar surface area (TPSA) is 12.0 Å². The number of halogens is 2. The molecule has 1 nitrogen and oxygen atoms in total. The van der Waals surface area contributed by atoms with E-state index in [-0.39, 0.29) is 11.2 Å². The van der Waals surface area contributed by atoms with Gasteiger partial charge in [0.1, 0.15) is 5.82 Å². The number of benzene rings is 1. The van der Waals surface area contributed by atoms with Crippen LogP contribution in [-0.4, -0.2) is 12.6 Å². The fourth-order valence-electron chi connectivity index (χ4n) is 2.73. The molecule has 0 aliphatic heterocycles. The Morgan fingerprint density at radius 2 is 2.11 bits per heavy atom. The van der Waals surface area contributed by atoms with Crippen molar-refractivity contribution in [2.24, 2.45) is 5.41 Å². The molecule has 0 amide bonds. The van der Waals surface area contributed by atoms with E-state index in [9.17, 15) is 4.39 Å². The van der Waals surface area contributed by atoms with Crippen molar-refractivity contribution in [3.8, 4) is 0 Å². The summed E-state index contributed by atoms with van der Waals surface area (Å²) in [4.78, 5) is 0. The zero-order valence-corrected chi connectivity index (χ0v) is 13.4. The van der Waals surface area contributed by atoms with Crippen molar-refractivity contribution in [1.82, 2.24) is 5.32 Å². The van der Waals surface area contributed by atoms with E-state index < -0.39 is 0 Å². The molecule has 1 aliphatic carbocycles. The maximum Gasteiger partial charge on any atom is 0.124 e. The number of rotatable bonds is 7. The second-order valence-corrected chi connectivity index (χ2v) is 7.09. The van der Waals surface area contributed by atoms with Gasteiger partial charge in [-0.15, -0.1) is 0 Å². The maximum atomic E-state index is 13.5. The van der Waals surface area contributed by atoms with Crippen LogP contribution in [0.5, 0.6) is 0 Å². The molecular formula is C16H23BrFN. The lowest BCUT2D eigenvalue weighted by molar-refractivity contribution is 0.274. The fraction of sp³-hybridized carbons (Fsp3) is 0.625. The summed E-state index contributed by atoms with van der Waals surface area (Å²) in [6, 6.07) is 5.95. The van der Waals surface area contributed by atoms with Gasteiger partial charge in [0.2, 0.25) is 0 Å². The predicted molar refractivity (Wildman–Crippen MR) is 81.8 cm³/mol.